The number of rotatable bonds is 6. The van der Waals surface area contributed by atoms with Crippen LogP contribution < -0.4 is 5.32 Å². The first-order chi connectivity index (χ1) is 13.7. The molecule has 3 N–H and O–H groups in total. The zero-order valence-electron chi connectivity index (χ0n) is 16.3. The van der Waals surface area contributed by atoms with Crippen molar-refractivity contribution in [1.82, 2.24) is 25.3 Å². The number of aliphatic hydroxyl groups excluding tert-OH is 1. The van der Waals surface area contributed by atoms with Crippen molar-refractivity contribution >= 4 is 17.5 Å². The van der Waals surface area contributed by atoms with E-state index in [4.69, 9.17) is 18.2 Å². The molecule has 2 atom stereocenters. The third-order valence-corrected chi connectivity index (χ3v) is 4.35. The van der Waals surface area contributed by atoms with Crippen LogP contribution >= 0.6 is 11.6 Å². The summed E-state index contributed by atoms with van der Waals surface area (Å²) in [5, 5.41) is 32.3. The molecule has 0 aliphatic carbocycles. The number of nitriles is 1. The fraction of sp³-hybridized carbons (Fsp3) is 0.263. The molecule has 0 aliphatic heterocycles. The normalized spacial score (nSPS) is 14.6. The van der Waals surface area contributed by atoms with E-state index in [1.165, 1.54) is 6.07 Å². The third kappa shape index (κ3) is 4.39. The van der Waals surface area contributed by atoms with E-state index in [9.17, 15) is 9.90 Å². The quantitative estimate of drug-likeness (QED) is 0.588. The Balaban J connectivity index is 1.70. The summed E-state index contributed by atoms with van der Waals surface area (Å²) in [5.41, 5.74) is 2.26. The molecule has 0 aliphatic rings. The molecule has 144 valence electrons. The van der Waals surface area contributed by atoms with Crippen molar-refractivity contribution < 1.29 is 11.3 Å². The summed E-state index contributed by atoms with van der Waals surface area (Å²) in [4.78, 5) is 12.3. The minimum absolute atomic E-state index is 0.0905. The molecule has 0 radical (unpaired) electrons. The lowest BCUT2D eigenvalue weighted by Gasteiger charge is -2.13. The summed E-state index contributed by atoms with van der Waals surface area (Å²) >= 11 is 6.07. The molecule has 28 heavy (non-hydrogen) atoms. The number of nitrogens with one attached hydrogen (secondary N) is 2. The molecule has 0 saturated heterocycles. The zero-order valence-corrected chi connectivity index (χ0v) is 16.0. The van der Waals surface area contributed by atoms with Crippen LogP contribution in [0, 0.1) is 11.3 Å². The number of carbonyl (C=O) groups excluding carboxylic acids is 1. The van der Waals surface area contributed by atoms with Gasteiger partial charge in [-0.1, -0.05) is 17.7 Å². The van der Waals surface area contributed by atoms with Crippen LogP contribution in [0.15, 0.2) is 36.5 Å². The van der Waals surface area contributed by atoms with Gasteiger partial charge in [0, 0.05) is 17.8 Å². The highest BCUT2D eigenvalue weighted by Gasteiger charge is 2.16. The van der Waals surface area contributed by atoms with Gasteiger partial charge in [0.1, 0.15) is 11.8 Å². The lowest BCUT2D eigenvalue weighted by atomic mass is 10.1. The van der Waals surface area contributed by atoms with Crippen LogP contribution in [0.5, 0.6) is 0 Å². The highest BCUT2D eigenvalue weighted by atomic mass is 35.5. The molecule has 0 saturated carbocycles. The molecular formula is C19H19ClN6O2. The predicted octanol–water partition coefficient (Wildman–Crippen LogP) is 2.67. The third-order valence-electron chi connectivity index (χ3n) is 4.03. The second-order valence-electron chi connectivity index (χ2n) is 6.32. The molecule has 0 spiro atoms. The number of carbonyl (C=O) groups is 1. The first-order valence-electron chi connectivity index (χ1n) is 8.98. The van der Waals surface area contributed by atoms with Crippen LogP contribution in [0.2, 0.25) is 5.02 Å². The Kier molecular flexibility index (Phi) is 5.37. The first-order valence-corrected chi connectivity index (χ1v) is 8.86. The maximum Gasteiger partial charge on any atom is 0.272 e. The number of aromatic amines is 1. The van der Waals surface area contributed by atoms with Gasteiger partial charge in [0.05, 0.1) is 36.0 Å². The second kappa shape index (κ2) is 8.25. The summed E-state index contributed by atoms with van der Waals surface area (Å²) in [6.45, 7) is 3.20. The molecule has 1 amide bonds. The smallest absolute Gasteiger partial charge is 0.272 e. The first kappa shape index (κ1) is 18.2. The number of benzene rings is 1. The van der Waals surface area contributed by atoms with E-state index < -0.39 is 18.0 Å². The van der Waals surface area contributed by atoms with Crippen molar-refractivity contribution in [3.63, 3.8) is 0 Å². The Labute approximate surface area is 168 Å². The van der Waals surface area contributed by atoms with Crippen molar-refractivity contribution in [2.75, 3.05) is 0 Å². The number of aromatic nitrogens is 4. The van der Waals surface area contributed by atoms with Crippen LogP contribution in [0.1, 0.15) is 43.1 Å². The van der Waals surface area contributed by atoms with Gasteiger partial charge in [0.2, 0.25) is 0 Å². The maximum absolute atomic E-state index is 12.3. The highest BCUT2D eigenvalue weighted by molar-refractivity contribution is 6.32. The van der Waals surface area contributed by atoms with Crippen LogP contribution in [-0.2, 0) is 6.54 Å². The molecule has 3 aromatic rings. The fourth-order valence-electron chi connectivity index (χ4n) is 2.58. The van der Waals surface area contributed by atoms with Crippen molar-refractivity contribution in [3.05, 3.63) is 58.5 Å². The van der Waals surface area contributed by atoms with Crippen LogP contribution in [0.3, 0.4) is 0 Å². The van der Waals surface area contributed by atoms with Gasteiger partial charge < -0.3 is 10.4 Å². The molecule has 1 aromatic carbocycles. The van der Waals surface area contributed by atoms with Gasteiger partial charge in [-0.25, -0.2) is 0 Å². The number of hydrogen-bond donors (Lipinski definition) is 3. The van der Waals surface area contributed by atoms with Gasteiger partial charge >= 0.3 is 0 Å². The Morgan fingerprint density at radius 2 is 2.25 bits per heavy atom. The van der Waals surface area contributed by atoms with E-state index in [0.717, 1.165) is 5.56 Å². The number of nitrogens with zero attached hydrogens (tertiary/aromatic N) is 4. The van der Waals surface area contributed by atoms with Gasteiger partial charge in [-0.05, 0) is 38.1 Å². The topological polar surface area (TPSA) is 120 Å². The Bertz CT molecular complexity index is 1080. The minimum Gasteiger partial charge on any atom is -0.387 e. The monoisotopic (exact) mass is 399 g/mol. The maximum atomic E-state index is 12.3. The lowest BCUT2D eigenvalue weighted by Crippen LogP contribution is -2.36. The van der Waals surface area contributed by atoms with Crippen molar-refractivity contribution in [1.29, 1.82) is 5.26 Å². The fourth-order valence-corrected chi connectivity index (χ4v) is 2.80. The van der Waals surface area contributed by atoms with Crippen molar-refractivity contribution in [2.45, 2.75) is 32.5 Å². The van der Waals surface area contributed by atoms with E-state index in [1.807, 2.05) is 6.07 Å². The van der Waals surface area contributed by atoms with E-state index in [-0.39, 0.29) is 12.2 Å². The molecule has 0 fully saturated rings. The summed E-state index contributed by atoms with van der Waals surface area (Å²) in [7, 11) is 0. The highest BCUT2D eigenvalue weighted by Crippen LogP contribution is 2.24. The van der Waals surface area contributed by atoms with E-state index in [1.54, 1.807) is 49.0 Å². The number of aliphatic hydroxyl groups is 1. The Morgan fingerprint density at radius 1 is 1.46 bits per heavy atom. The van der Waals surface area contributed by atoms with E-state index in [0.29, 0.717) is 22.0 Å². The van der Waals surface area contributed by atoms with Gasteiger partial charge in [-0.2, -0.15) is 15.5 Å². The Morgan fingerprint density at radius 3 is 2.89 bits per heavy atom. The number of hydrogen-bond acceptors (Lipinski definition) is 5. The number of halogens is 1. The molecule has 3 rings (SSSR count). The molecule has 2 heterocycles. The molecule has 0 bridgehead atoms. The van der Waals surface area contributed by atoms with Gasteiger partial charge in [-0.3, -0.25) is 14.6 Å². The van der Waals surface area contributed by atoms with Gasteiger partial charge in [0.15, 0.2) is 0 Å². The van der Waals surface area contributed by atoms with Crippen LogP contribution in [0.4, 0.5) is 0 Å². The lowest BCUT2D eigenvalue weighted by molar-refractivity contribution is 0.0931. The number of H-pyrrole nitrogens is 1. The number of amides is 1. The largest absolute Gasteiger partial charge is 0.387 e. The molecule has 9 heteroatoms. The SMILES string of the molecule is [2H][C@@](C)(Cn1ccc(-c2ccc(C#N)c(Cl)c2)n1)NC(=O)c1cc(C(C)O)[nH]n1. The molecule has 1 unspecified atom stereocenters. The van der Waals surface area contributed by atoms with Gasteiger partial charge in [0.25, 0.3) is 5.91 Å². The predicted molar refractivity (Wildman–Crippen MR) is 104 cm³/mol. The Hall–Kier alpha value is -3.15. The molecular weight excluding hydrogens is 380 g/mol. The summed E-state index contributed by atoms with van der Waals surface area (Å²) in [6.07, 6.45) is 0.921. The minimum atomic E-state index is -1.35. The molecule has 2 aromatic heterocycles. The summed E-state index contributed by atoms with van der Waals surface area (Å²) in [6, 6.07) is 8.88. The van der Waals surface area contributed by atoms with Crippen LogP contribution in [-0.4, -0.2) is 37.0 Å². The summed E-state index contributed by atoms with van der Waals surface area (Å²) < 4.78 is 9.94. The average Bonchev–Trinajstić information content (AvgIpc) is 3.30. The summed E-state index contributed by atoms with van der Waals surface area (Å²) in [5.74, 6) is -0.531. The molecule has 8 nitrogen and oxygen atoms in total. The second-order valence-corrected chi connectivity index (χ2v) is 6.73. The van der Waals surface area contributed by atoms with Crippen molar-refractivity contribution in [2.24, 2.45) is 0 Å². The van der Waals surface area contributed by atoms with Crippen LogP contribution in [0.25, 0.3) is 11.3 Å². The standard InChI is InChI=1S/C19H19ClN6O2/c1-11(22-19(28)18-8-17(12(2)27)23-24-18)10-26-6-5-16(25-26)13-3-4-14(9-21)15(20)7-13/h3-8,11-12,27H,10H2,1-2H3,(H,22,28)(H,23,24)/t11-,12?/m1/s1/i11D. The zero-order chi connectivity index (χ0) is 21.2. The average molecular weight is 400 g/mol. The van der Waals surface area contributed by atoms with Crippen molar-refractivity contribution in [3.8, 4) is 17.3 Å². The van der Waals surface area contributed by atoms with Gasteiger partial charge in [-0.15, -0.1) is 0 Å². The van der Waals surface area contributed by atoms with E-state index in [2.05, 4.69) is 20.6 Å². The van der Waals surface area contributed by atoms with E-state index >= 15 is 0 Å².